The number of rotatable bonds is 4. The highest BCUT2D eigenvalue weighted by Crippen LogP contribution is 2.34. The molecule has 1 fully saturated rings. The summed E-state index contributed by atoms with van der Waals surface area (Å²) in [6, 6.07) is 15.6. The Bertz CT molecular complexity index is 957. The Kier molecular flexibility index (Phi) is 5.09. The van der Waals surface area contributed by atoms with E-state index in [4.69, 9.17) is 0 Å². The van der Waals surface area contributed by atoms with Crippen molar-refractivity contribution >= 4 is 29.1 Å². The molecule has 29 heavy (non-hydrogen) atoms. The third kappa shape index (κ3) is 3.75. The number of anilines is 2. The van der Waals surface area contributed by atoms with E-state index in [2.05, 4.69) is 0 Å². The van der Waals surface area contributed by atoms with E-state index in [0.29, 0.717) is 19.6 Å². The first-order valence-corrected chi connectivity index (χ1v) is 9.94. The molecule has 0 saturated carbocycles. The number of carbonyl (C=O) groups is 3. The van der Waals surface area contributed by atoms with E-state index >= 15 is 0 Å². The van der Waals surface area contributed by atoms with Gasteiger partial charge in [-0.25, -0.2) is 0 Å². The minimum absolute atomic E-state index is 0.00591. The Morgan fingerprint density at radius 3 is 2.62 bits per heavy atom. The maximum Gasteiger partial charge on any atom is 0.228 e. The normalized spacial score (nSPS) is 18.1. The van der Waals surface area contributed by atoms with E-state index in [9.17, 15) is 14.4 Å². The molecule has 2 heterocycles. The maximum absolute atomic E-state index is 12.9. The minimum atomic E-state index is -0.335. The molecule has 2 aromatic carbocycles. The fourth-order valence-corrected chi connectivity index (χ4v) is 4.25. The van der Waals surface area contributed by atoms with Crippen molar-refractivity contribution in [2.75, 3.05) is 29.9 Å². The van der Waals surface area contributed by atoms with Crippen LogP contribution in [0.4, 0.5) is 11.4 Å². The molecule has 6 heteroatoms. The molecule has 0 aliphatic carbocycles. The van der Waals surface area contributed by atoms with Crippen LogP contribution in [0, 0.1) is 5.92 Å². The average molecular weight is 391 g/mol. The second-order valence-electron chi connectivity index (χ2n) is 7.82. The van der Waals surface area contributed by atoms with E-state index in [0.717, 1.165) is 28.9 Å². The van der Waals surface area contributed by atoms with Gasteiger partial charge in [0.1, 0.15) is 0 Å². The average Bonchev–Trinajstić information content (AvgIpc) is 3.31. The lowest BCUT2D eigenvalue weighted by atomic mass is 10.1. The third-order valence-electron chi connectivity index (χ3n) is 5.76. The van der Waals surface area contributed by atoms with Gasteiger partial charge in [0.05, 0.1) is 5.92 Å². The standard InChI is InChI=1S/C23H25N3O3/c1-16(27)25-11-10-18-12-20(8-9-21(18)25)26-15-19(13-22(26)28)23(29)24(2)14-17-6-4-3-5-7-17/h3-9,12,19H,10-11,13-15H2,1-2H3/t19-/m1/s1. The third-order valence-corrected chi connectivity index (χ3v) is 5.76. The van der Waals surface area contributed by atoms with E-state index in [1.807, 2.05) is 48.5 Å². The van der Waals surface area contributed by atoms with Crippen LogP contribution in [0.1, 0.15) is 24.5 Å². The summed E-state index contributed by atoms with van der Waals surface area (Å²) < 4.78 is 0. The van der Waals surface area contributed by atoms with Crippen molar-refractivity contribution in [2.45, 2.75) is 26.3 Å². The van der Waals surface area contributed by atoms with Gasteiger partial charge >= 0.3 is 0 Å². The molecule has 6 nitrogen and oxygen atoms in total. The highest BCUT2D eigenvalue weighted by Gasteiger charge is 2.37. The van der Waals surface area contributed by atoms with Crippen molar-refractivity contribution in [1.29, 1.82) is 0 Å². The predicted octanol–water partition coefficient (Wildman–Crippen LogP) is 2.61. The SMILES string of the molecule is CC(=O)N1CCc2cc(N3C[C@H](C(=O)N(C)Cc4ccccc4)CC3=O)ccc21. The molecule has 2 aromatic rings. The van der Waals surface area contributed by atoms with Gasteiger partial charge in [-0.1, -0.05) is 30.3 Å². The molecular formula is C23H25N3O3. The zero-order valence-corrected chi connectivity index (χ0v) is 16.8. The Balaban J connectivity index is 1.46. The molecule has 0 unspecified atom stereocenters. The van der Waals surface area contributed by atoms with Gasteiger partial charge in [-0.3, -0.25) is 14.4 Å². The number of hydrogen-bond acceptors (Lipinski definition) is 3. The fourth-order valence-electron chi connectivity index (χ4n) is 4.25. The van der Waals surface area contributed by atoms with Crippen molar-refractivity contribution in [1.82, 2.24) is 4.90 Å². The first kappa shape index (κ1) is 19.2. The van der Waals surface area contributed by atoms with Crippen LogP contribution in [0.25, 0.3) is 0 Å². The van der Waals surface area contributed by atoms with Gasteiger partial charge in [0.2, 0.25) is 17.7 Å². The molecule has 1 atom stereocenters. The van der Waals surface area contributed by atoms with Gasteiger partial charge in [-0.15, -0.1) is 0 Å². The minimum Gasteiger partial charge on any atom is -0.341 e. The lowest BCUT2D eigenvalue weighted by Crippen LogP contribution is -2.34. The Morgan fingerprint density at radius 2 is 1.90 bits per heavy atom. The number of fused-ring (bicyclic) bond motifs is 1. The molecule has 3 amide bonds. The van der Waals surface area contributed by atoms with Crippen molar-refractivity contribution in [3.63, 3.8) is 0 Å². The molecule has 0 spiro atoms. The number of hydrogen-bond donors (Lipinski definition) is 0. The van der Waals surface area contributed by atoms with Crippen LogP contribution in [0.3, 0.4) is 0 Å². The van der Waals surface area contributed by atoms with Crippen LogP contribution in [0.15, 0.2) is 48.5 Å². The van der Waals surface area contributed by atoms with Gasteiger partial charge in [0.25, 0.3) is 0 Å². The topological polar surface area (TPSA) is 60.9 Å². The van der Waals surface area contributed by atoms with Crippen molar-refractivity contribution in [3.8, 4) is 0 Å². The van der Waals surface area contributed by atoms with E-state index in [1.54, 1.807) is 28.7 Å². The van der Waals surface area contributed by atoms with Crippen LogP contribution in [-0.4, -0.2) is 42.8 Å². The smallest absolute Gasteiger partial charge is 0.228 e. The molecule has 0 bridgehead atoms. The molecule has 1 saturated heterocycles. The second-order valence-corrected chi connectivity index (χ2v) is 7.82. The zero-order valence-electron chi connectivity index (χ0n) is 16.8. The monoisotopic (exact) mass is 391 g/mol. The zero-order chi connectivity index (χ0) is 20.5. The summed E-state index contributed by atoms with van der Waals surface area (Å²) in [6.07, 6.45) is 1.02. The summed E-state index contributed by atoms with van der Waals surface area (Å²) in [6.45, 7) is 3.17. The van der Waals surface area contributed by atoms with Crippen molar-refractivity contribution in [2.24, 2.45) is 5.92 Å². The molecular weight excluding hydrogens is 366 g/mol. The van der Waals surface area contributed by atoms with Gasteiger partial charge < -0.3 is 14.7 Å². The largest absolute Gasteiger partial charge is 0.341 e. The van der Waals surface area contributed by atoms with Gasteiger partial charge in [-0.05, 0) is 35.7 Å². The first-order valence-electron chi connectivity index (χ1n) is 9.94. The van der Waals surface area contributed by atoms with E-state index < -0.39 is 0 Å². The van der Waals surface area contributed by atoms with Crippen molar-refractivity contribution < 1.29 is 14.4 Å². The van der Waals surface area contributed by atoms with Crippen LogP contribution in [-0.2, 0) is 27.3 Å². The number of carbonyl (C=O) groups excluding carboxylic acids is 3. The predicted molar refractivity (Wildman–Crippen MR) is 112 cm³/mol. The molecule has 4 rings (SSSR count). The summed E-state index contributed by atoms with van der Waals surface area (Å²) in [5, 5.41) is 0. The summed E-state index contributed by atoms with van der Waals surface area (Å²) in [5.41, 5.74) is 3.86. The molecule has 150 valence electrons. The summed E-state index contributed by atoms with van der Waals surface area (Å²) in [4.78, 5) is 42.4. The van der Waals surface area contributed by atoms with Gasteiger partial charge in [0.15, 0.2) is 0 Å². The lowest BCUT2D eigenvalue weighted by molar-refractivity contribution is -0.135. The van der Waals surface area contributed by atoms with Crippen LogP contribution < -0.4 is 9.80 Å². The van der Waals surface area contributed by atoms with Crippen LogP contribution >= 0.6 is 0 Å². The van der Waals surface area contributed by atoms with E-state index in [-0.39, 0.29) is 30.1 Å². The summed E-state index contributed by atoms with van der Waals surface area (Å²) in [7, 11) is 1.79. The highest BCUT2D eigenvalue weighted by atomic mass is 16.2. The molecule has 2 aliphatic rings. The van der Waals surface area contributed by atoms with Crippen LogP contribution in [0.5, 0.6) is 0 Å². The second kappa shape index (κ2) is 7.70. The quantitative estimate of drug-likeness (QED) is 0.805. The molecule has 2 aliphatic heterocycles. The Hall–Kier alpha value is -3.15. The molecule has 0 N–H and O–H groups in total. The maximum atomic E-state index is 12.9. The Morgan fingerprint density at radius 1 is 1.14 bits per heavy atom. The number of nitrogens with zero attached hydrogens (tertiary/aromatic N) is 3. The summed E-state index contributed by atoms with van der Waals surface area (Å²) >= 11 is 0. The van der Waals surface area contributed by atoms with Gasteiger partial charge in [0, 0.05) is 51.4 Å². The Labute approximate surface area is 170 Å². The lowest BCUT2D eigenvalue weighted by Gasteiger charge is -2.22. The molecule has 0 radical (unpaired) electrons. The summed E-state index contributed by atoms with van der Waals surface area (Å²) in [5.74, 6) is -0.342. The molecule has 0 aromatic heterocycles. The first-order chi connectivity index (χ1) is 13.9. The van der Waals surface area contributed by atoms with Gasteiger partial charge in [-0.2, -0.15) is 0 Å². The number of benzene rings is 2. The van der Waals surface area contributed by atoms with Crippen LogP contribution in [0.2, 0.25) is 0 Å². The fraction of sp³-hybridized carbons (Fsp3) is 0.348. The highest BCUT2D eigenvalue weighted by molar-refractivity contribution is 6.01. The van der Waals surface area contributed by atoms with E-state index in [1.165, 1.54) is 0 Å². The van der Waals surface area contributed by atoms with Crippen molar-refractivity contribution in [3.05, 3.63) is 59.7 Å². The number of amides is 3.